The molecule has 1 saturated carbocycles. The Kier molecular flexibility index (Phi) is 4.49. The number of carbonyl (C=O) groups excluding carboxylic acids is 1. The van der Waals surface area contributed by atoms with Crippen LogP contribution in [0.5, 0.6) is 5.88 Å². The Hall–Kier alpha value is -3.69. The van der Waals surface area contributed by atoms with Crippen molar-refractivity contribution in [1.82, 2.24) is 29.2 Å². The van der Waals surface area contributed by atoms with Crippen LogP contribution >= 0.6 is 0 Å². The number of carbonyl (C=O) groups is 1. The van der Waals surface area contributed by atoms with Crippen molar-refractivity contribution in [3.8, 4) is 17.0 Å². The number of nitrogens with zero attached hydrogens (tertiary/aromatic N) is 5. The molecule has 0 unspecified atom stereocenters. The Bertz CT molecular complexity index is 1370. The first kappa shape index (κ1) is 20.0. The predicted molar refractivity (Wildman–Crippen MR) is 120 cm³/mol. The van der Waals surface area contributed by atoms with Crippen molar-refractivity contribution in [2.75, 3.05) is 25.5 Å². The van der Waals surface area contributed by atoms with Crippen LogP contribution in [0.2, 0.25) is 0 Å². The third-order valence-electron chi connectivity index (χ3n) is 6.97. The van der Waals surface area contributed by atoms with Gasteiger partial charge in [-0.2, -0.15) is 9.97 Å². The van der Waals surface area contributed by atoms with Crippen LogP contribution in [0.15, 0.2) is 30.9 Å². The number of likely N-dealkylation sites (tertiary alicyclic amines) is 1. The van der Waals surface area contributed by atoms with Crippen LogP contribution in [-0.4, -0.2) is 61.4 Å². The van der Waals surface area contributed by atoms with Gasteiger partial charge in [0.05, 0.1) is 12.5 Å². The highest BCUT2D eigenvalue weighted by atomic mass is 19.1. The molecule has 1 aliphatic carbocycles. The number of H-pyrrole nitrogens is 1. The maximum atomic E-state index is 14.5. The molecule has 2 aliphatic rings. The molecule has 0 radical (unpaired) electrons. The lowest BCUT2D eigenvalue weighted by Gasteiger charge is -2.18. The maximum Gasteiger partial charge on any atom is 0.228 e. The Labute approximate surface area is 189 Å². The predicted octanol–water partition coefficient (Wildman–Crippen LogP) is 3.09. The molecule has 0 spiro atoms. The minimum Gasteiger partial charge on any atom is -0.480 e. The van der Waals surface area contributed by atoms with Crippen molar-refractivity contribution in [3.63, 3.8) is 0 Å². The van der Waals surface area contributed by atoms with Crippen LogP contribution in [-0.2, 0) is 4.79 Å². The summed E-state index contributed by atoms with van der Waals surface area (Å²) >= 11 is 0. The van der Waals surface area contributed by atoms with Crippen molar-refractivity contribution >= 4 is 28.5 Å². The summed E-state index contributed by atoms with van der Waals surface area (Å²) in [4.78, 5) is 30.1. The second-order valence-corrected chi connectivity index (χ2v) is 8.97. The van der Waals surface area contributed by atoms with Crippen molar-refractivity contribution < 1.29 is 13.9 Å². The average molecular weight is 449 g/mol. The summed E-state index contributed by atoms with van der Waals surface area (Å²) in [6.07, 6.45) is 8.85. The van der Waals surface area contributed by atoms with E-state index in [-0.39, 0.29) is 17.6 Å². The van der Waals surface area contributed by atoms with Gasteiger partial charge in [-0.25, -0.2) is 9.37 Å². The number of hydrogen-bond donors (Lipinski definition) is 2. The number of fused-ring (bicyclic) bond motifs is 3. The first-order valence-corrected chi connectivity index (χ1v) is 11.1. The first-order valence-electron chi connectivity index (χ1n) is 11.1. The fourth-order valence-corrected chi connectivity index (χ4v) is 5.44. The van der Waals surface area contributed by atoms with Crippen LogP contribution in [0, 0.1) is 17.7 Å². The summed E-state index contributed by atoms with van der Waals surface area (Å²) in [5.74, 6) is 1.70. The lowest BCUT2D eigenvalue weighted by molar-refractivity contribution is -0.128. The van der Waals surface area contributed by atoms with Crippen LogP contribution in [0.1, 0.15) is 19.8 Å². The number of amides is 1. The van der Waals surface area contributed by atoms with Crippen molar-refractivity contribution in [2.45, 2.75) is 25.8 Å². The molecular weight excluding hydrogens is 425 g/mol. The van der Waals surface area contributed by atoms with Gasteiger partial charge in [0.15, 0.2) is 11.5 Å². The Balaban J connectivity index is 1.29. The molecule has 1 saturated heterocycles. The largest absolute Gasteiger partial charge is 0.480 e. The van der Waals surface area contributed by atoms with Crippen LogP contribution in [0.25, 0.3) is 27.8 Å². The lowest BCUT2D eigenvalue weighted by Crippen LogP contribution is -2.29. The minimum atomic E-state index is -0.403. The molecule has 3 atom stereocenters. The Morgan fingerprint density at radius 2 is 2.06 bits per heavy atom. The number of aromatic amines is 1. The number of imidazole rings is 1. The third-order valence-corrected chi connectivity index (χ3v) is 6.97. The molecule has 2 N–H and O–H groups in total. The molecule has 0 bridgehead atoms. The van der Waals surface area contributed by atoms with Gasteiger partial charge in [0.2, 0.25) is 17.7 Å². The molecule has 4 aromatic rings. The Morgan fingerprint density at radius 3 is 2.79 bits per heavy atom. The normalized spacial score (nSPS) is 22.3. The number of rotatable bonds is 4. The topological polar surface area (TPSA) is 100 Å². The van der Waals surface area contributed by atoms with E-state index in [0.29, 0.717) is 40.3 Å². The van der Waals surface area contributed by atoms with Crippen LogP contribution < -0.4 is 10.1 Å². The SMILES string of the molecule is COc1nc(N[C@H]2C[C@@H]3CN(C(C)=O)C[C@@H]3C2)nc2[nH]cc(-c3cc(F)c4nccn4c3)c12. The van der Waals surface area contributed by atoms with Gasteiger partial charge in [-0.3, -0.25) is 4.79 Å². The highest BCUT2D eigenvalue weighted by Crippen LogP contribution is 2.40. The number of pyridine rings is 1. The summed E-state index contributed by atoms with van der Waals surface area (Å²) in [7, 11) is 1.57. The molecular formula is C23H24FN7O2. The molecule has 5 heterocycles. The number of aromatic nitrogens is 5. The molecule has 2 fully saturated rings. The molecule has 170 valence electrons. The van der Waals surface area contributed by atoms with E-state index in [1.807, 2.05) is 11.1 Å². The van der Waals surface area contributed by atoms with E-state index >= 15 is 0 Å². The fraction of sp³-hybridized carbons (Fsp3) is 0.391. The minimum absolute atomic E-state index is 0.155. The van der Waals surface area contributed by atoms with Crippen molar-refractivity contribution in [2.24, 2.45) is 11.8 Å². The second-order valence-electron chi connectivity index (χ2n) is 8.97. The highest BCUT2D eigenvalue weighted by molar-refractivity contribution is 5.97. The maximum absolute atomic E-state index is 14.5. The van der Waals surface area contributed by atoms with Gasteiger partial charge in [-0.05, 0) is 30.7 Å². The fourth-order valence-electron chi connectivity index (χ4n) is 5.44. The molecule has 4 aromatic heterocycles. The lowest BCUT2D eigenvalue weighted by atomic mass is 10.0. The van der Waals surface area contributed by atoms with Gasteiger partial charge in [-0.15, -0.1) is 0 Å². The van der Waals surface area contributed by atoms with Crippen molar-refractivity contribution in [3.05, 3.63) is 36.7 Å². The molecule has 0 aromatic carbocycles. The van der Waals surface area contributed by atoms with Gasteiger partial charge < -0.3 is 24.3 Å². The first-order chi connectivity index (χ1) is 16.0. The van der Waals surface area contributed by atoms with Crippen molar-refractivity contribution in [1.29, 1.82) is 0 Å². The summed E-state index contributed by atoms with van der Waals surface area (Å²) in [6, 6.07) is 1.71. The smallest absolute Gasteiger partial charge is 0.228 e. The summed E-state index contributed by atoms with van der Waals surface area (Å²) in [5, 5.41) is 4.16. The number of methoxy groups -OCH3 is 1. The zero-order valence-corrected chi connectivity index (χ0v) is 18.4. The molecule has 10 heteroatoms. The monoisotopic (exact) mass is 449 g/mol. The van der Waals surface area contributed by atoms with Gasteiger partial charge in [0.25, 0.3) is 0 Å². The summed E-state index contributed by atoms with van der Waals surface area (Å²) in [6.45, 7) is 3.30. The number of halogens is 1. The van der Waals surface area contributed by atoms with E-state index in [2.05, 4.69) is 25.3 Å². The van der Waals surface area contributed by atoms with E-state index in [1.165, 1.54) is 6.07 Å². The number of nitrogens with one attached hydrogen (secondary N) is 2. The molecule has 9 nitrogen and oxygen atoms in total. The third kappa shape index (κ3) is 3.28. The van der Waals surface area contributed by atoms with Crippen LogP contribution in [0.4, 0.5) is 10.3 Å². The zero-order valence-electron chi connectivity index (χ0n) is 18.4. The van der Waals surface area contributed by atoms with Gasteiger partial charge in [-0.1, -0.05) is 0 Å². The standard InChI is InChI=1S/C23H24FN7O2/c1-12(32)31-9-13-5-16(6-14(13)10-31)27-23-28-20-19(22(29-23)33-2)17(8-26-20)15-7-18(24)21-25-3-4-30(21)11-15/h3-4,7-8,11,13-14,16H,5-6,9-10H2,1-2H3,(H2,26,27,28,29)/t13-,14+,16+. The van der Waals surface area contributed by atoms with Gasteiger partial charge in [0, 0.05) is 62.0 Å². The zero-order chi connectivity index (χ0) is 22.7. The van der Waals surface area contributed by atoms with E-state index in [0.717, 1.165) is 31.5 Å². The van der Waals surface area contributed by atoms with E-state index in [9.17, 15) is 9.18 Å². The van der Waals surface area contributed by atoms with Crippen LogP contribution in [0.3, 0.4) is 0 Å². The summed E-state index contributed by atoms with van der Waals surface area (Å²) < 4.78 is 21.8. The quantitative estimate of drug-likeness (QED) is 0.497. The van der Waals surface area contributed by atoms with E-state index in [4.69, 9.17) is 4.74 Å². The number of anilines is 1. The highest BCUT2D eigenvalue weighted by Gasteiger charge is 2.41. The molecule has 6 rings (SSSR count). The second kappa shape index (κ2) is 7.43. The van der Waals surface area contributed by atoms with Gasteiger partial charge in [0.1, 0.15) is 5.65 Å². The number of hydrogen-bond acceptors (Lipinski definition) is 6. The molecule has 1 aliphatic heterocycles. The van der Waals surface area contributed by atoms with E-state index in [1.54, 1.807) is 37.0 Å². The van der Waals surface area contributed by atoms with Gasteiger partial charge >= 0.3 is 0 Å². The van der Waals surface area contributed by atoms with E-state index < -0.39 is 5.82 Å². The Morgan fingerprint density at radius 1 is 1.27 bits per heavy atom. The average Bonchev–Trinajstić information content (AvgIpc) is 3.55. The molecule has 33 heavy (non-hydrogen) atoms. The molecule has 1 amide bonds. The summed E-state index contributed by atoms with van der Waals surface area (Å²) in [5.41, 5.74) is 2.32. The number of ether oxygens (including phenoxy) is 1.